The van der Waals surface area contributed by atoms with Gasteiger partial charge in [-0.1, -0.05) is 19.1 Å². The highest BCUT2D eigenvalue weighted by Crippen LogP contribution is 2.34. The van der Waals surface area contributed by atoms with Crippen molar-refractivity contribution in [2.75, 3.05) is 29.5 Å². The number of sulfonamides is 1. The maximum Gasteiger partial charge on any atom is 0.341 e. The molecular weight excluding hydrogens is 444 g/mol. The van der Waals surface area contributed by atoms with E-state index in [9.17, 15) is 22.8 Å². The molecule has 0 saturated carbocycles. The van der Waals surface area contributed by atoms with Gasteiger partial charge in [0.05, 0.1) is 29.7 Å². The lowest BCUT2D eigenvalue weighted by atomic mass is 10.1. The molecule has 9 nitrogen and oxygen atoms in total. The zero-order chi connectivity index (χ0) is 23.2. The first kappa shape index (κ1) is 24.4. The fourth-order valence-electron chi connectivity index (χ4n) is 2.76. The van der Waals surface area contributed by atoms with E-state index in [-0.39, 0.29) is 23.4 Å². The minimum atomic E-state index is -3.61. The summed E-state index contributed by atoms with van der Waals surface area (Å²) in [5.41, 5.74) is 1.03. The molecule has 31 heavy (non-hydrogen) atoms. The Bertz CT molecular complexity index is 1090. The lowest BCUT2D eigenvalue weighted by Gasteiger charge is -2.11. The highest BCUT2D eigenvalue weighted by atomic mass is 32.2. The zero-order valence-electron chi connectivity index (χ0n) is 17.6. The molecule has 1 amide bonds. The van der Waals surface area contributed by atoms with Crippen molar-refractivity contribution in [2.24, 2.45) is 0 Å². The van der Waals surface area contributed by atoms with Crippen LogP contribution in [-0.2, 0) is 30.7 Å². The van der Waals surface area contributed by atoms with Crippen LogP contribution in [0.2, 0.25) is 0 Å². The molecule has 0 spiro atoms. The molecule has 1 aromatic heterocycles. The summed E-state index contributed by atoms with van der Waals surface area (Å²) in [6.45, 7) is 4.98. The predicted octanol–water partition coefficient (Wildman–Crippen LogP) is 2.96. The van der Waals surface area contributed by atoms with Crippen molar-refractivity contribution < 1.29 is 32.3 Å². The summed E-state index contributed by atoms with van der Waals surface area (Å²) in [5.74, 6) is -2.05. The highest BCUT2D eigenvalue weighted by Gasteiger charge is 2.23. The molecule has 2 rings (SSSR count). The molecule has 0 fully saturated rings. The average Bonchev–Trinajstić information content (AvgIpc) is 3.00. The number of ether oxygens (including phenoxy) is 2. The van der Waals surface area contributed by atoms with E-state index >= 15 is 0 Å². The molecule has 0 radical (unpaired) electrons. The Morgan fingerprint density at radius 3 is 2.35 bits per heavy atom. The van der Waals surface area contributed by atoms with Crippen molar-refractivity contribution in [3.63, 3.8) is 0 Å². The lowest BCUT2D eigenvalue weighted by Crippen LogP contribution is -2.22. The SMILES string of the molecule is CCOC(=O)c1c(NC(=O)COC(=O)c2ccccc2NS(C)(=O)=O)sc(CC)c1C. The number of para-hydroxylation sites is 1. The standard InChI is InChI=1S/C20H24N2O7S2/c1-5-15-12(3)17(20(25)28-6-2)18(30-15)21-16(23)11-29-19(24)13-9-7-8-10-14(13)22-31(4,26)27/h7-10,22H,5-6,11H2,1-4H3,(H,21,23). The van der Waals surface area contributed by atoms with Crippen LogP contribution in [-0.4, -0.2) is 45.7 Å². The number of benzene rings is 1. The quantitative estimate of drug-likeness (QED) is 0.542. The molecule has 0 aliphatic heterocycles. The van der Waals surface area contributed by atoms with Gasteiger partial charge >= 0.3 is 11.9 Å². The van der Waals surface area contributed by atoms with Gasteiger partial charge in [0.1, 0.15) is 5.00 Å². The number of esters is 2. The van der Waals surface area contributed by atoms with Crippen LogP contribution < -0.4 is 10.0 Å². The number of carbonyl (C=O) groups excluding carboxylic acids is 3. The minimum absolute atomic E-state index is 0.0341. The third-order valence-corrected chi connectivity index (χ3v) is 6.02. The van der Waals surface area contributed by atoms with E-state index in [1.165, 1.54) is 29.5 Å². The van der Waals surface area contributed by atoms with Gasteiger partial charge in [-0.25, -0.2) is 18.0 Å². The fourth-order valence-corrected chi connectivity index (χ4v) is 4.48. The first-order valence-corrected chi connectivity index (χ1v) is 12.1. The third-order valence-electron chi connectivity index (χ3n) is 4.08. The molecular formula is C20H24N2O7S2. The predicted molar refractivity (Wildman–Crippen MR) is 118 cm³/mol. The van der Waals surface area contributed by atoms with E-state index in [0.717, 1.165) is 16.7 Å². The van der Waals surface area contributed by atoms with Crippen LogP contribution >= 0.6 is 11.3 Å². The molecule has 0 bridgehead atoms. The van der Waals surface area contributed by atoms with E-state index in [4.69, 9.17) is 9.47 Å². The van der Waals surface area contributed by atoms with Gasteiger partial charge in [-0.05, 0) is 38.0 Å². The van der Waals surface area contributed by atoms with Crippen LogP contribution in [0.25, 0.3) is 0 Å². The second-order valence-electron chi connectivity index (χ2n) is 6.47. The number of rotatable bonds is 9. The van der Waals surface area contributed by atoms with Gasteiger partial charge in [0, 0.05) is 4.88 Å². The Labute approximate surface area is 184 Å². The minimum Gasteiger partial charge on any atom is -0.462 e. The topological polar surface area (TPSA) is 128 Å². The Morgan fingerprint density at radius 1 is 1.06 bits per heavy atom. The molecule has 11 heteroatoms. The third kappa shape index (κ3) is 6.53. The summed E-state index contributed by atoms with van der Waals surface area (Å²) in [5, 5.41) is 2.92. The van der Waals surface area contributed by atoms with Crippen LogP contribution in [0.15, 0.2) is 24.3 Å². The molecule has 0 aliphatic rings. The molecule has 0 atom stereocenters. The number of thiophene rings is 1. The first-order chi connectivity index (χ1) is 14.6. The monoisotopic (exact) mass is 468 g/mol. The Hall–Kier alpha value is -2.92. The van der Waals surface area contributed by atoms with Gasteiger partial charge in [0.15, 0.2) is 6.61 Å². The normalized spacial score (nSPS) is 11.0. The Morgan fingerprint density at radius 2 is 1.74 bits per heavy atom. The van der Waals surface area contributed by atoms with Crippen LogP contribution in [0.3, 0.4) is 0 Å². The van der Waals surface area contributed by atoms with Crippen molar-refractivity contribution in [3.8, 4) is 0 Å². The van der Waals surface area contributed by atoms with Gasteiger partial charge in [0.25, 0.3) is 5.91 Å². The summed E-state index contributed by atoms with van der Waals surface area (Å²) >= 11 is 1.26. The van der Waals surface area contributed by atoms with Crippen molar-refractivity contribution in [1.82, 2.24) is 0 Å². The van der Waals surface area contributed by atoms with E-state index in [1.54, 1.807) is 19.9 Å². The maximum absolute atomic E-state index is 12.4. The second kappa shape index (κ2) is 10.4. The van der Waals surface area contributed by atoms with Crippen molar-refractivity contribution in [2.45, 2.75) is 27.2 Å². The number of nitrogens with one attached hydrogen (secondary N) is 2. The largest absolute Gasteiger partial charge is 0.462 e. The highest BCUT2D eigenvalue weighted by molar-refractivity contribution is 7.92. The molecule has 1 aromatic carbocycles. The van der Waals surface area contributed by atoms with Crippen LogP contribution in [0.5, 0.6) is 0 Å². The van der Waals surface area contributed by atoms with Crippen LogP contribution in [0.1, 0.15) is 45.0 Å². The number of hydrogen-bond donors (Lipinski definition) is 2. The van der Waals surface area contributed by atoms with Gasteiger partial charge in [-0.15, -0.1) is 11.3 Å². The Balaban J connectivity index is 2.12. The molecule has 0 unspecified atom stereocenters. The van der Waals surface area contributed by atoms with E-state index in [2.05, 4.69) is 10.0 Å². The number of carbonyl (C=O) groups is 3. The van der Waals surface area contributed by atoms with Crippen molar-refractivity contribution in [1.29, 1.82) is 0 Å². The van der Waals surface area contributed by atoms with E-state index in [1.807, 2.05) is 6.92 Å². The summed E-state index contributed by atoms with van der Waals surface area (Å²) in [7, 11) is -3.61. The van der Waals surface area contributed by atoms with Gasteiger partial charge < -0.3 is 14.8 Å². The summed E-state index contributed by atoms with van der Waals surface area (Å²) in [4.78, 5) is 37.9. The number of hydrogen-bond acceptors (Lipinski definition) is 8. The average molecular weight is 469 g/mol. The summed E-state index contributed by atoms with van der Waals surface area (Å²) in [6, 6.07) is 5.88. The molecule has 0 aliphatic carbocycles. The first-order valence-electron chi connectivity index (χ1n) is 9.40. The molecule has 1 heterocycles. The maximum atomic E-state index is 12.4. The van der Waals surface area contributed by atoms with E-state index < -0.39 is 34.5 Å². The molecule has 0 saturated heterocycles. The van der Waals surface area contributed by atoms with Gasteiger partial charge in [-0.3, -0.25) is 9.52 Å². The van der Waals surface area contributed by atoms with Crippen LogP contribution in [0.4, 0.5) is 10.7 Å². The summed E-state index contributed by atoms with van der Waals surface area (Å²) < 4.78 is 35.3. The molecule has 2 aromatic rings. The smallest absolute Gasteiger partial charge is 0.341 e. The number of aryl methyl sites for hydroxylation is 1. The van der Waals surface area contributed by atoms with Crippen LogP contribution in [0, 0.1) is 6.92 Å². The van der Waals surface area contributed by atoms with E-state index in [0.29, 0.717) is 11.4 Å². The second-order valence-corrected chi connectivity index (χ2v) is 9.33. The van der Waals surface area contributed by atoms with Gasteiger partial charge in [0.2, 0.25) is 10.0 Å². The fraction of sp³-hybridized carbons (Fsp3) is 0.350. The summed E-state index contributed by atoms with van der Waals surface area (Å²) in [6.07, 6.45) is 1.63. The molecule has 2 N–H and O–H groups in total. The lowest BCUT2D eigenvalue weighted by molar-refractivity contribution is -0.119. The van der Waals surface area contributed by atoms with Crippen molar-refractivity contribution >= 4 is 49.9 Å². The van der Waals surface area contributed by atoms with Gasteiger partial charge in [-0.2, -0.15) is 0 Å². The Kier molecular flexibility index (Phi) is 8.17. The number of amides is 1. The number of anilines is 2. The zero-order valence-corrected chi connectivity index (χ0v) is 19.2. The molecule has 168 valence electrons. The van der Waals surface area contributed by atoms with Crippen molar-refractivity contribution in [3.05, 3.63) is 45.8 Å².